The summed E-state index contributed by atoms with van der Waals surface area (Å²) in [5, 5.41) is 8.58. The Hall–Kier alpha value is -3.17. The van der Waals surface area contributed by atoms with Crippen LogP contribution in [0, 0.1) is 6.92 Å². The van der Waals surface area contributed by atoms with Crippen LogP contribution in [0.2, 0.25) is 0 Å². The van der Waals surface area contributed by atoms with Crippen LogP contribution in [0.1, 0.15) is 41.7 Å². The van der Waals surface area contributed by atoms with Crippen LogP contribution < -0.4 is 10.9 Å². The molecule has 174 valence electrons. The number of morpholine rings is 1. The van der Waals surface area contributed by atoms with E-state index in [1.165, 1.54) is 0 Å². The van der Waals surface area contributed by atoms with E-state index in [4.69, 9.17) is 14.6 Å². The molecule has 0 spiro atoms. The second-order valence-corrected chi connectivity index (χ2v) is 8.81. The van der Waals surface area contributed by atoms with Crippen LogP contribution in [-0.4, -0.2) is 64.6 Å². The summed E-state index contributed by atoms with van der Waals surface area (Å²) in [5.74, 6) is 0.510. The number of fused-ring (bicyclic) bond motifs is 1. The van der Waals surface area contributed by atoms with Gasteiger partial charge in [0.2, 0.25) is 0 Å². The third-order valence-electron chi connectivity index (χ3n) is 6.46. The van der Waals surface area contributed by atoms with Gasteiger partial charge in [-0.3, -0.25) is 14.3 Å². The Morgan fingerprint density at radius 2 is 2.06 bits per heavy atom. The van der Waals surface area contributed by atoms with Crippen molar-refractivity contribution in [3.05, 3.63) is 51.9 Å². The van der Waals surface area contributed by atoms with Crippen molar-refractivity contribution < 1.29 is 14.3 Å². The number of rotatable bonds is 4. The largest absolute Gasteiger partial charge is 0.379 e. The lowest BCUT2D eigenvalue weighted by atomic mass is 10.1. The first-order valence-corrected chi connectivity index (χ1v) is 11.5. The summed E-state index contributed by atoms with van der Waals surface area (Å²) >= 11 is 0. The highest BCUT2D eigenvalue weighted by molar-refractivity contribution is 5.97. The molecule has 33 heavy (non-hydrogen) atoms. The molecule has 2 unspecified atom stereocenters. The standard InChI is InChI=1S/C24H29N5O4/c1-15-12-17(5-6-19(15)24(31)28-9-11-33-13-16(28)2)26-22-21-20(7-8-25-23(21)30)29(27-22)18-4-3-10-32-14-18/h5-8,12,16,18H,3-4,9-11,13-14H2,1-2H3,(H,25,30)(H,26,27). The summed E-state index contributed by atoms with van der Waals surface area (Å²) in [6.07, 6.45) is 3.57. The second-order valence-electron chi connectivity index (χ2n) is 8.81. The predicted octanol–water partition coefficient (Wildman–Crippen LogP) is 2.99. The minimum atomic E-state index is -0.192. The molecule has 4 heterocycles. The van der Waals surface area contributed by atoms with E-state index >= 15 is 0 Å². The molecule has 3 aromatic rings. The minimum Gasteiger partial charge on any atom is -0.379 e. The SMILES string of the molecule is Cc1cc(Nc2nn(C3CCCOC3)c3cc[nH]c(=O)c23)ccc1C(=O)N1CCOCC1C. The van der Waals surface area contributed by atoms with Crippen LogP contribution in [0.15, 0.2) is 35.3 Å². The van der Waals surface area contributed by atoms with E-state index < -0.39 is 0 Å². The number of hydrogen-bond acceptors (Lipinski definition) is 6. The number of ether oxygens (including phenoxy) is 2. The van der Waals surface area contributed by atoms with E-state index in [1.54, 1.807) is 6.20 Å². The molecule has 1 amide bonds. The lowest BCUT2D eigenvalue weighted by Gasteiger charge is -2.33. The average Bonchev–Trinajstić information content (AvgIpc) is 3.19. The number of aryl methyl sites for hydroxylation is 1. The van der Waals surface area contributed by atoms with Gasteiger partial charge < -0.3 is 24.7 Å². The molecular weight excluding hydrogens is 422 g/mol. The minimum absolute atomic E-state index is 0.0123. The van der Waals surface area contributed by atoms with Gasteiger partial charge in [0, 0.05) is 30.6 Å². The van der Waals surface area contributed by atoms with Crippen molar-refractivity contribution in [3.63, 3.8) is 0 Å². The maximum Gasteiger partial charge on any atom is 0.261 e. The van der Waals surface area contributed by atoms with Gasteiger partial charge in [-0.1, -0.05) is 0 Å². The highest BCUT2D eigenvalue weighted by Crippen LogP contribution is 2.29. The van der Waals surface area contributed by atoms with Crippen molar-refractivity contribution in [3.8, 4) is 0 Å². The van der Waals surface area contributed by atoms with Crippen molar-refractivity contribution in [2.24, 2.45) is 0 Å². The molecule has 2 N–H and O–H groups in total. The normalized spacial score (nSPS) is 21.3. The van der Waals surface area contributed by atoms with Crippen molar-refractivity contribution in [1.29, 1.82) is 0 Å². The number of carbonyl (C=O) groups is 1. The van der Waals surface area contributed by atoms with E-state index in [-0.39, 0.29) is 23.6 Å². The number of H-pyrrole nitrogens is 1. The fraction of sp³-hybridized carbons (Fsp3) is 0.458. The summed E-state index contributed by atoms with van der Waals surface area (Å²) in [7, 11) is 0. The Morgan fingerprint density at radius 3 is 2.82 bits per heavy atom. The van der Waals surface area contributed by atoms with Crippen molar-refractivity contribution in [2.75, 3.05) is 38.3 Å². The van der Waals surface area contributed by atoms with E-state index in [0.29, 0.717) is 43.1 Å². The number of nitrogens with one attached hydrogen (secondary N) is 2. The second kappa shape index (κ2) is 8.99. The molecule has 2 aliphatic rings. The lowest BCUT2D eigenvalue weighted by Crippen LogP contribution is -2.47. The molecule has 0 saturated carbocycles. The van der Waals surface area contributed by atoms with Gasteiger partial charge in [-0.05, 0) is 56.5 Å². The number of amides is 1. The molecule has 2 fully saturated rings. The van der Waals surface area contributed by atoms with E-state index in [9.17, 15) is 9.59 Å². The number of aromatic nitrogens is 3. The van der Waals surface area contributed by atoms with Crippen molar-refractivity contribution >= 4 is 28.3 Å². The van der Waals surface area contributed by atoms with Crippen LogP contribution in [-0.2, 0) is 9.47 Å². The molecule has 2 aliphatic heterocycles. The monoisotopic (exact) mass is 451 g/mol. The summed E-state index contributed by atoms with van der Waals surface area (Å²) in [6.45, 7) is 6.97. The fourth-order valence-corrected chi connectivity index (χ4v) is 4.68. The third kappa shape index (κ3) is 4.14. The Balaban J connectivity index is 1.45. The lowest BCUT2D eigenvalue weighted by molar-refractivity contribution is 0.00355. The summed E-state index contributed by atoms with van der Waals surface area (Å²) < 4.78 is 13.0. The number of pyridine rings is 1. The van der Waals surface area contributed by atoms with Gasteiger partial charge in [-0.25, -0.2) is 0 Å². The smallest absolute Gasteiger partial charge is 0.261 e. The first kappa shape index (κ1) is 21.7. The summed E-state index contributed by atoms with van der Waals surface area (Å²) in [6, 6.07) is 7.63. The fourth-order valence-electron chi connectivity index (χ4n) is 4.68. The summed E-state index contributed by atoms with van der Waals surface area (Å²) in [4.78, 5) is 30.4. The van der Waals surface area contributed by atoms with Gasteiger partial charge in [0.25, 0.3) is 11.5 Å². The Bertz CT molecular complexity index is 1230. The zero-order chi connectivity index (χ0) is 22.9. The van der Waals surface area contributed by atoms with Crippen LogP contribution in [0.25, 0.3) is 10.9 Å². The average molecular weight is 452 g/mol. The Kier molecular flexibility index (Phi) is 5.90. The first-order valence-electron chi connectivity index (χ1n) is 11.5. The Labute approximate surface area is 191 Å². The highest BCUT2D eigenvalue weighted by Gasteiger charge is 2.26. The van der Waals surface area contributed by atoms with Crippen molar-refractivity contribution in [1.82, 2.24) is 19.7 Å². The van der Waals surface area contributed by atoms with Crippen molar-refractivity contribution in [2.45, 2.75) is 38.8 Å². The van der Waals surface area contributed by atoms with Gasteiger partial charge in [0.05, 0.1) is 37.4 Å². The van der Waals surface area contributed by atoms with E-state index in [2.05, 4.69) is 10.3 Å². The summed E-state index contributed by atoms with van der Waals surface area (Å²) in [5.41, 5.74) is 2.89. The molecule has 9 heteroatoms. The molecule has 0 bridgehead atoms. The number of carbonyl (C=O) groups excluding carboxylic acids is 1. The van der Waals surface area contributed by atoms with Crippen LogP contribution in [0.4, 0.5) is 11.5 Å². The molecule has 2 aromatic heterocycles. The van der Waals surface area contributed by atoms with Gasteiger partial charge in [0.1, 0.15) is 5.39 Å². The Morgan fingerprint density at radius 1 is 1.21 bits per heavy atom. The van der Waals surface area contributed by atoms with Gasteiger partial charge in [0.15, 0.2) is 5.82 Å². The van der Waals surface area contributed by atoms with Gasteiger partial charge in [-0.2, -0.15) is 5.10 Å². The molecular formula is C24H29N5O4. The molecule has 0 radical (unpaired) electrons. The number of nitrogens with zero attached hydrogens (tertiary/aromatic N) is 3. The third-order valence-corrected chi connectivity index (χ3v) is 6.46. The quantitative estimate of drug-likeness (QED) is 0.632. The molecule has 2 atom stereocenters. The molecule has 2 saturated heterocycles. The zero-order valence-electron chi connectivity index (χ0n) is 19.0. The maximum atomic E-state index is 13.1. The number of anilines is 2. The predicted molar refractivity (Wildman–Crippen MR) is 125 cm³/mol. The van der Waals surface area contributed by atoms with Crippen LogP contribution in [0.3, 0.4) is 0 Å². The highest BCUT2D eigenvalue weighted by atomic mass is 16.5. The zero-order valence-corrected chi connectivity index (χ0v) is 19.0. The number of benzene rings is 1. The van der Waals surface area contributed by atoms with Gasteiger partial charge in [-0.15, -0.1) is 0 Å². The van der Waals surface area contributed by atoms with Crippen LogP contribution in [0.5, 0.6) is 0 Å². The topological polar surface area (TPSA) is 101 Å². The first-order chi connectivity index (χ1) is 16.0. The molecule has 9 nitrogen and oxygen atoms in total. The van der Waals surface area contributed by atoms with E-state index in [1.807, 2.05) is 47.7 Å². The molecule has 0 aliphatic carbocycles. The number of aromatic amines is 1. The molecule has 5 rings (SSSR count). The van der Waals surface area contributed by atoms with E-state index in [0.717, 1.165) is 36.2 Å². The number of hydrogen-bond donors (Lipinski definition) is 2. The molecule has 1 aromatic carbocycles. The maximum absolute atomic E-state index is 13.1. The van der Waals surface area contributed by atoms with Gasteiger partial charge >= 0.3 is 0 Å². The van der Waals surface area contributed by atoms with Crippen LogP contribution >= 0.6 is 0 Å².